The van der Waals surface area contributed by atoms with E-state index in [9.17, 15) is 58.2 Å². The van der Waals surface area contributed by atoms with Gasteiger partial charge in [0, 0.05) is 26.7 Å². The first kappa shape index (κ1) is 67.3. The Balaban J connectivity index is 6.61. The molecule has 0 saturated heterocycles. The van der Waals surface area contributed by atoms with Crippen molar-refractivity contribution in [3.8, 4) is 0 Å². The van der Waals surface area contributed by atoms with Crippen molar-refractivity contribution in [2.24, 2.45) is 22.9 Å². The van der Waals surface area contributed by atoms with Crippen molar-refractivity contribution < 1.29 is 63.3 Å². The molecule has 27 N–H and O–H groups in total. The van der Waals surface area contributed by atoms with Crippen LogP contribution in [-0.2, 0) is 47.9 Å². The molecule has 0 aromatic rings. The van der Waals surface area contributed by atoms with E-state index < -0.39 is 145 Å². The number of aliphatic hydroxyl groups excluding tert-OH is 2. The Morgan fingerprint density at radius 3 is 1.05 bits per heavy atom. The first-order chi connectivity index (χ1) is 35.3. The molecule has 0 unspecified atom stereocenters. The smallest absolute Gasteiger partial charge is 0.305 e. The lowest BCUT2D eigenvalue weighted by Crippen LogP contribution is -2.60. The average Bonchev–Trinajstić information content (AvgIpc) is 3.34. The molecule has 0 aliphatic heterocycles. The number of amides is 9. The summed E-state index contributed by atoms with van der Waals surface area (Å²) in [5.74, 6) is -10.7. The summed E-state index contributed by atoms with van der Waals surface area (Å²) in [5.41, 5.74) is 21.8. The maximum Gasteiger partial charge on any atom is 0.305 e. The van der Waals surface area contributed by atoms with Crippen molar-refractivity contribution in [1.29, 1.82) is 16.2 Å². The number of unbranched alkanes of at least 4 members (excludes halogenated alkanes) is 1. The van der Waals surface area contributed by atoms with E-state index in [1.807, 2.05) is 0 Å². The first-order valence-electron chi connectivity index (χ1n) is 24.0. The van der Waals surface area contributed by atoms with E-state index in [1.165, 1.54) is 27.9 Å². The molecule has 0 aromatic heterocycles. The van der Waals surface area contributed by atoms with Crippen LogP contribution >= 0.6 is 0 Å². The van der Waals surface area contributed by atoms with Crippen LogP contribution in [0.5, 0.6) is 0 Å². The molecule has 0 aliphatic carbocycles. The Labute approximate surface area is 433 Å². The summed E-state index contributed by atoms with van der Waals surface area (Å²) >= 11 is 0. The highest BCUT2D eigenvalue weighted by molar-refractivity contribution is 5.98. The Hall–Kier alpha value is -7.65. The third kappa shape index (κ3) is 28.4. The van der Waals surface area contributed by atoms with Crippen molar-refractivity contribution >= 4 is 77.0 Å². The monoisotopic (exact) mass is 1070 g/mol. The van der Waals surface area contributed by atoms with Gasteiger partial charge in [-0.15, -0.1) is 0 Å². The zero-order valence-corrected chi connectivity index (χ0v) is 42.7. The molecule has 0 bridgehead atoms. The quantitative estimate of drug-likeness (QED) is 0.0155. The summed E-state index contributed by atoms with van der Waals surface area (Å²) in [6.45, 7) is 1.33. The molecule has 0 radical (unpaired) electrons. The highest BCUT2D eigenvalue weighted by atomic mass is 16.4. The summed E-state index contributed by atoms with van der Waals surface area (Å²) in [4.78, 5) is 132. The zero-order chi connectivity index (χ0) is 57.2. The second-order valence-corrected chi connectivity index (χ2v) is 17.0. The standard InChI is InChI=1S/C42H80N20O13/c1-21(55-34(70)24(11-7-15-52-40(44)45)60-38(74)28(19-63)50-3)31(67)57-23(10-5-6-14-43)35(71)58-25(12-8-16-53-41(46)47)36(72)59-26(13-9-17-54-42(48)49)37(73)62-29(20-64)39(75)56-22(2)32(68)61-27(18-30(65)66)33(69)51-4/h21-29,50,63-64H,5-20,43H2,1-4H3,(H,51,69)(H,55,70)(H,56,75)(H,57,67)(H,58,71)(H,59,72)(H,60,74)(H,61,68)(H,62,73)(H,65,66)(H4,44,45,52)(H4,46,47,53)(H4,48,49,54)/t21-,22-,23-,24-,25-,26-,27-,28-,29-/m0/s1. The molecule has 0 rings (SSSR count). The van der Waals surface area contributed by atoms with Gasteiger partial charge < -0.3 is 107 Å². The number of carboxylic acid groups (broad SMARTS) is 1. The summed E-state index contributed by atoms with van der Waals surface area (Å²) in [6.07, 6.45) is -0.0145. The molecule has 33 heteroatoms. The van der Waals surface area contributed by atoms with Gasteiger partial charge in [0.1, 0.15) is 54.4 Å². The molecule has 426 valence electrons. The molecular formula is C42H80N20O13. The van der Waals surface area contributed by atoms with Gasteiger partial charge in [-0.3, -0.25) is 64.2 Å². The van der Waals surface area contributed by atoms with Gasteiger partial charge in [0.15, 0.2) is 17.9 Å². The van der Waals surface area contributed by atoms with E-state index in [0.717, 1.165) is 0 Å². The topological polar surface area (TPSA) is 563 Å². The number of nitrogens with one attached hydrogen (secondary N) is 16. The summed E-state index contributed by atoms with van der Waals surface area (Å²) < 4.78 is 0. The maximum atomic E-state index is 14.2. The molecule has 9 atom stereocenters. The summed E-state index contributed by atoms with van der Waals surface area (Å²) in [7, 11) is 2.64. The predicted molar refractivity (Wildman–Crippen MR) is 270 cm³/mol. The van der Waals surface area contributed by atoms with Gasteiger partial charge in [-0.1, -0.05) is 0 Å². The fourth-order valence-corrected chi connectivity index (χ4v) is 6.66. The van der Waals surface area contributed by atoms with Gasteiger partial charge in [0.05, 0.1) is 19.6 Å². The minimum atomic E-state index is -1.74. The van der Waals surface area contributed by atoms with Crippen LogP contribution in [0.15, 0.2) is 0 Å². The van der Waals surface area contributed by atoms with Crippen molar-refractivity contribution in [2.45, 2.75) is 132 Å². The van der Waals surface area contributed by atoms with E-state index in [-0.39, 0.29) is 77.1 Å². The number of rotatable bonds is 38. The number of nitrogens with two attached hydrogens (primary N) is 4. The molecule has 0 saturated carbocycles. The van der Waals surface area contributed by atoms with Crippen molar-refractivity contribution in [1.82, 2.24) is 69.1 Å². The fraction of sp³-hybridized carbons (Fsp3) is 0.690. The van der Waals surface area contributed by atoms with Crippen molar-refractivity contribution in [3.63, 3.8) is 0 Å². The van der Waals surface area contributed by atoms with Crippen LogP contribution < -0.4 is 92.1 Å². The number of aliphatic hydroxyl groups is 2. The first-order valence-corrected chi connectivity index (χ1v) is 24.0. The Morgan fingerprint density at radius 2 is 0.733 bits per heavy atom. The number of hydrogen-bond acceptors (Lipinski definition) is 17. The Bertz CT molecular complexity index is 1940. The Morgan fingerprint density at radius 1 is 0.427 bits per heavy atom. The molecular weight excluding hydrogens is 993 g/mol. The lowest BCUT2D eigenvalue weighted by molar-refractivity contribution is -0.141. The normalized spacial score (nSPS) is 14.3. The van der Waals surface area contributed by atoms with Gasteiger partial charge in [0.25, 0.3) is 0 Å². The minimum Gasteiger partial charge on any atom is -0.481 e. The largest absolute Gasteiger partial charge is 0.481 e. The molecule has 33 nitrogen and oxygen atoms in total. The summed E-state index contributed by atoms with van der Waals surface area (Å²) in [6, 6.07) is -12.6. The van der Waals surface area contributed by atoms with Crippen LogP contribution in [0.25, 0.3) is 0 Å². The van der Waals surface area contributed by atoms with Crippen molar-refractivity contribution in [3.05, 3.63) is 0 Å². The molecule has 0 aliphatic rings. The summed E-state index contributed by atoms with van der Waals surface area (Å²) in [5, 5.41) is 83.2. The number of likely N-dealkylation sites (N-methyl/N-ethyl adjacent to an activating group) is 2. The number of carbonyl (C=O) groups excluding carboxylic acids is 9. The average molecular weight is 1070 g/mol. The third-order valence-electron chi connectivity index (χ3n) is 10.9. The van der Waals surface area contributed by atoms with Crippen LogP contribution in [0.2, 0.25) is 0 Å². The second kappa shape index (κ2) is 37.1. The second-order valence-electron chi connectivity index (χ2n) is 17.0. The number of guanidine groups is 3. The van der Waals surface area contributed by atoms with E-state index in [1.54, 1.807) is 0 Å². The van der Waals surface area contributed by atoms with Gasteiger partial charge in [-0.05, 0) is 85.2 Å². The van der Waals surface area contributed by atoms with E-state index in [0.29, 0.717) is 12.8 Å². The van der Waals surface area contributed by atoms with Crippen LogP contribution in [-0.4, -0.2) is 200 Å². The van der Waals surface area contributed by atoms with Crippen LogP contribution in [0.1, 0.15) is 78.1 Å². The molecule has 0 spiro atoms. The maximum absolute atomic E-state index is 14.2. The van der Waals surface area contributed by atoms with Crippen LogP contribution in [0.3, 0.4) is 0 Å². The number of carbonyl (C=O) groups is 10. The zero-order valence-electron chi connectivity index (χ0n) is 42.7. The van der Waals surface area contributed by atoms with Crippen LogP contribution in [0, 0.1) is 16.2 Å². The number of aliphatic carboxylic acids is 1. The van der Waals surface area contributed by atoms with Gasteiger partial charge in [0.2, 0.25) is 53.2 Å². The fourth-order valence-electron chi connectivity index (χ4n) is 6.66. The highest BCUT2D eigenvalue weighted by Crippen LogP contribution is 2.08. The van der Waals surface area contributed by atoms with Gasteiger partial charge in [-0.25, -0.2) is 0 Å². The van der Waals surface area contributed by atoms with E-state index >= 15 is 0 Å². The van der Waals surface area contributed by atoms with E-state index in [2.05, 4.69) is 69.1 Å². The SMILES string of the molecule is CNC(=O)[C@H](CC(=O)O)NC(=O)[C@H](C)NC(=O)[C@H](CO)NC(=O)[C@H](CCCNC(=N)N)NC(=O)[C@H](CCCNC(=N)N)NC(=O)[C@H](CCCCN)NC(=O)[C@H](C)NC(=O)[C@H](CCCNC(=N)N)NC(=O)[C@H](CO)NC. The highest BCUT2D eigenvalue weighted by Gasteiger charge is 2.34. The van der Waals surface area contributed by atoms with Gasteiger partial charge in [-0.2, -0.15) is 0 Å². The van der Waals surface area contributed by atoms with Gasteiger partial charge >= 0.3 is 5.97 Å². The molecule has 0 aromatic carbocycles. The molecule has 0 heterocycles. The minimum absolute atomic E-state index is 0.0136. The third-order valence-corrected chi connectivity index (χ3v) is 10.9. The van der Waals surface area contributed by atoms with Crippen LogP contribution in [0.4, 0.5) is 0 Å². The van der Waals surface area contributed by atoms with Crippen molar-refractivity contribution in [2.75, 3.05) is 53.5 Å². The van der Waals surface area contributed by atoms with E-state index in [4.69, 9.17) is 44.3 Å². The predicted octanol–water partition coefficient (Wildman–Crippen LogP) is -9.38. The Kier molecular flexibility index (Phi) is 33.3. The lowest BCUT2D eigenvalue weighted by Gasteiger charge is -2.27. The number of hydrogen-bond donors (Lipinski definition) is 23. The number of carboxylic acids is 1. The molecule has 75 heavy (non-hydrogen) atoms. The lowest BCUT2D eigenvalue weighted by atomic mass is 10.0. The molecule has 9 amide bonds. The molecule has 0 fully saturated rings.